The topological polar surface area (TPSA) is 49.9 Å². The van der Waals surface area contributed by atoms with E-state index >= 15 is 0 Å². The lowest BCUT2D eigenvalue weighted by molar-refractivity contribution is -0.150. The Morgan fingerprint density at radius 3 is 2.38 bits per heavy atom. The van der Waals surface area contributed by atoms with Crippen molar-refractivity contribution in [3.05, 3.63) is 77.0 Å². The molecule has 168 valence electrons. The van der Waals surface area contributed by atoms with E-state index in [1.165, 1.54) is 10.5 Å². The number of amides is 1. The molecule has 0 radical (unpaired) electrons. The van der Waals surface area contributed by atoms with Gasteiger partial charge in [0.15, 0.2) is 0 Å². The van der Waals surface area contributed by atoms with E-state index in [1.54, 1.807) is 26.8 Å². The van der Waals surface area contributed by atoms with Crippen molar-refractivity contribution < 1.29 is 14.3 Å². The van der Waals surface area contributed by atoms with Crippen LogP contribution in [-0.2, 0) is 26.3 Å². The normalized spacial score (nSPS) is 18.0. The molecule has 5 nitrogen and oxygen atoms in total. The van der Waals surface area contributed by atoms with Gasteiger partial charge in [0, 0.05) is 17.1 Å². The Kier molecular flexibility index (Phi) is 5.91. The summed E-state index contributed by atoms with van der Waals surface area (Å²) >= 11 is 6.64. The molecule has 32 heavy (non-hydrogen) atoms. The number of rotatable bonds is 4. The maximum Gasteiger partial charge on any atom is 0.355 e. The zero-order valence-electron chi connectivity index (χ0n) is 18.9. The lowest BCUT2D eigenvalue weighted by atomic mass is 9.73. The van der Waals surface area contributed by atoms with Crippen molar-refractivity contribution in [2.24, 2.45) is 0 Å². The number of carbonyl (C=O) groups is 2. The number of nitrogens with zero attached hydrogens (tertiary/aromatic N) is 2. The predicted molar refractivity (Wildman–Crippen MR) is 127 cm³/mol. The average Bonchev–Trinajstić information content (AvgIpc) is 2.98. The summed E-state index contributed by atoms with van der Waals surface area (Å²) in [5.74, 6) is -0.744. The Bertz CT molecular complexity index is 1050. The number of esters is 1. The first kappa shape index (κ1) is 22.6. The van der Waals surface area contributed by atoms with Crippen LogP contribution >= 0.6 is 11.6 Å². The highest BCUT2D eigenvalue weighted by molar-refractivity contribution is 6.33. The van der Waals surface area contributed by atoms with Gasteiger partial charge in [0.25, 0.3) is 0 Å². The minimum absolute atomic E-state index is 0.0250. The highest BCUT2D eigenvalue weighted by atomic mass is 35.5. The minimum Gasteiger partial charge on any atom is -0.455 e. The van der Waals surface area contributed by atoms with Crippen molar-refractivity contribution in [3.63, 3.8) is 0 Å². The molecule has 1 amide bonds. The number of anilines is 1. The first-order valence-corrected chi connectivity index (χ1v) is 11.3. The smallest absolute Gasteiger partial charge is 0.355 e. The van der Waals surface area contributed by atoms with Gasteiger partial charge in [-0.1, -0.05) is 54.6 Å². The molecule has 0 bridgehead atoms. The average molecular weight is 453 g/mol. The quantitative estimate of drug-likeness (QED) is 0.479. The van der Waals surface area contributed by atoms with Crippen LogP contribution in [0.2, 0.25) is 5.02 Å². The van der Waals surface area contributed by atoms with Crippen LogP contribution in [-0.4, -0.2) is 35.5 Å². The molecule has 1 spiro atoms. The molecule has 2 heterocycles. The van der Waals surface area contributed by atoms with E-state index in [-0.39, 0.29) is 11.6 Å². The molecule has 2 aliphatic rings. The van der Waals surface area contributed by atoms with Gasteiger partial charge in [-0.2, -0.15) is 0 Å². The second-order valence-electron chi connectivity index (χ2n) is 9.57. The van der Waals surface area contributed by atoms with E-state index in [2.05, 4.69) is 23.6 Å². The van der Waals surface area contributed by atoms with Gasteiger partial charge < -0.3 is 4.74 Å². The predicted octanol–water partition coefficient (Wildman–Crippen LogP) is 5.08. The van der Waals surface area contributed by atoms with Crippen LogP contribution in [0.5, 0.6) is 0 Å². The molecular weight excluding hydrogens is 424 g/mol. The second-order valence-corrected chi connectivity index (χ2v) is 9.97. The molecular formula is C26H29ClN2O3. The lowest BCUT2D eigenvalue weighted by Crippen LogP contribution is -2.49. The molecule has 0 atom stereocenters. The highest BCUT2D eigenvalue weighted by Gasteiger charge is 2.54. The monoisotopic (exact) mass is 452 g/mol. The number of ether oxygens (including phenoxy) is 1. The van der Waals surface area contributed by atoms with E-state index in [1.807, 2.05) is 30.3 Å². The van der Waals surface area contributed by atoms with Crippen molar-refractivity contribution in [1.82, 2.24) is 4.90 Å². The van der Waals surface area contributed by atoms with Crippen LogP contribution in [0.1, 0.15) is 44.7 Å². The standard InChI is InChI=1S/C26H29ClN2O3/c1-18(23(30)32-25(2,3)4)29-21-12-8-11-20(27)22(21)26(24(29)31)13-15-28(16-14-26)17-19-9-6-5-7-10-19/h5-12H,1,13-17H2,2-4H3. The van der Waals surface area contributed by atoms with E-state index in [0.717, 1.165) is 25.2 Å². The van der Waals surface area contributed by atoms with Crippen LogP contribution in [0.4, 0.5) is 5.69 Å². The van der Waals surface area contributed by atoms with Gasteiger partial charge in [0.1, 0.15) is 11.3 Å². The third kappa shape index (κ3) is 4.07. The Hall–Kier alpha value is -2.63. The van der Waals surface area contributed by atoms with Crippen LogP contribution in [0.15, 0.2) is 60.8 Å². The number of carbonyl (C=O) groups excluding carboxylic acids is 2. The van der Waals surface area contributed by atoms with Gasteiger partial charge in [-0.25, -0.2) is 4.79 Å². The van der Waals surface area contributed by atoms with Crippen LogP contribution in [0, 0.1) is 0 Å². The maximum absolute atomic E-state index is 13.8. The fourth-order valence-electron chi connectivity index (χ4n) is 4.70. The summed E-state index contributed by atoms with van der Waals surface area (Å²) in [5.41, 5.74) is 1.27. The van der Waals surface area contributed by atoms with Gasteiger partial charge in [-0.15, -0.1) is 0 Å². The van der Waals surface area contributed by atoms with Crippen molar-refractivity contribution in [2.75, 3.05) is 18.0 Å². The summed E-state index contributed by atoms with van der Waals surface area (Å²) < 4.78 is 5.49. The molecule has 1 saturated heterocycles. The van der Waals surface area contributed by atoms with Crippen LogP contribution < -0.4 is 4.90 Å². The Labute approximate surface area is 194 Å². The summed E-state index contributed by atoms with van der Waals surface area (Å²) in [6.45, 7) is 11.7. The largest absolute Gasteiger partial charge is 0.455 e. The summed E-state index contributed by atoms with van der Waals surface area (Å²) in [6.07, 6.45) is 1.26. The Morgan fingerprint density at radius 2 is 1.75 bits per heavy atom. The summed E-state index contributed by atoms with van der Waals surface area (Å²) in [7, 11) is 0. The first-order chi connectivity index (χ1) is 15.1. The van der Waals surface area contributed by atoms with Gasteiger partial charge in [0.2, 0.25) is 5.91 Å². The zero-order valence-corrected chi connectivity index (χ0v) is 19.6. The first-order valence-electron chi connectivity index (χ1n) is 10.9. The molecule has 1 fully saturated rings. The van der Waals surface area contributed by atoms with E-state index in [0.29, 0.717) is 23.6 Å². The summed E-state index contributed by atoms with van der Waals surface area (Å²) in [6, 6.07) is 15.8. The van der Waals surface area contributed by atoms with Crippen molar-refractivity contribution >= 4 is 29.2 Å². The second kappa shape index (κ2) is 8.38. The molecule has 0 saturated carbocycles. The molecule has 0 unspecified atom stereocenters. The van der Waals surface area contributed by atoms with Gasteiger partial charge in [-0.05, 0) is 64.4 Å². The lowest BCUT2D eigenvalue weighted by Gasteiger charge is -2.38. The molecule has 4 rings (SSSR count). The van der Waals surface area contributed by atoms with Gasteiger partial charge in [0.05, 0.1) is 11.1 Å². The van der Waals surface area contributed by atoms with Gasteiger partial charge >= 0.3 is 5.97 Å². The zero-order chi connectivity index (χ0) is 23.1. The molecule has 6 heteroatoms. The molecule has 2 aromatic carbocycles. The maximum atomic E-state index is 13.8. The summed E-state index contributed by atoms with van der Waals surface area (Å²) in [4.78, 5) is 30.4. The van der Waals surface area contributed by atoms with Crippen molar-refractivity contribution in [3.8, 4) is 0 Å². The Balaban J connectivity index is 1.61. The van der Waals surface area contributed by atoms with Crippen molar-refractivity contribution in [1.29, 1.82) is 0 Å². The molecule has 0 aromatic heterocycles. The summed E-state index contributed by atoms with van der Waals surface area (Å²) in [5, 5.41) is 0.548. The molecule has 2 aliphatic heterocycles. The number of benzene rings is 2. The van der Waals surface area contributed by atoms with Crippen LogP contribution in [0.3, 0.4) is 0 Å². The third-order valence-corrected chi connectivity index (χ3v) is 6.50. The molecule has 2 aromatic rings. The fraction of sp³-hybridized carbons (Fsp3) is 0.385. The van der Waals surface area contributed by atoms with E-state index in [9.17, 15) is 9.59 Å². The number of fused-ring (bicyclic) bond motifs is 2. The van der Waals surface area contributed by atoms with E-state index < -0.39 is 17.0 Å². The number of halogens is 1. The third-order valence-electron chi connectivity index (χ3n) is 6.19. The van der Waals surface area contributed by atoms with Gasteiger partial charge in [-0.3, -0.25) is 14.6 Å². The highest BCUT2D eigenvalue weighted by Crippen LogP contribution is 2.52. The minimum atomic E-state index is -0.758. The number of hydrogen-bond donors (Lipinski definition) is 0. The Morgan fingerprint density at radius 1 is 1.09 bits per heavy atom. The molecule has 0 aliphatic carbocycles. The molecule has 0 N–H and O–H groups in total. The fourth-order valence-corrected chi connectivity index (χ4v) is 5.05. The van der Waals surface area contributed by atoms with Crippen LogP contribution in [0.25, 0.3) is 0 Å². The number of piperidine rings is 1. The van der Waals surface area contributed by atoms with E-state index in [4.69, 9.17) is 16.3 Å². The number of hydrogen-bond acceptors (Lipinski definition) is 4. The SMILES string of the molecule is C=C(C(=O)OC(C)(C)C)N1C(=O)C2(CCN(Cc3ccccc3)CC2)c2c(Cl)cccc21. The van der Waals surface area contributed by atoms with Crippen molar-refractivity contribution in [2.45, 2.75) is 51.2 Å². The number of likely N-dealkylation sites (tertiary alicyclic amines) is 1.